The number of pyridine rings is 1. The summed E-state index contributed by atoms with van der Waals surface area (Å²) >= 11 is 0. The molecule has 0 unspecified atom stereocenters. The summed E-state index contributed by atoms with van der Waals surface area (Å²) in [5.74, 6) is 0.616. The predicted octanol–water partition coefficient (Wildman–Crippen LogP) is 9.79. The monoisotopic (exact) mass is 664 g/mol. The highest BCUT2D eigenvalue weighted by molar-refractivity contribution is 7.00. The van der Waals surface area contributed by atoms with E-state index in [1.165, 1.54) is 21.8 Å². The average Bonchev–Trinajstić information content (AvgIpc) is 3.65. The van der Waals surface area contributed by atoms with Crippen LogP contribution >= 0.6 is 0 Å². The summed E-state index contributed by atoms with van der Waals surface area (Å²) in [4.78, 5) is 14.7. The minimum Gasteiger partial charge on any atom is -0.436 e. The van der Waals surface area contributed by atoms with Crippen LogP contribution in [0.2, 0.25) is 0 Å². The lowest BCUT2D eigenvalue weighted by atomic mass is 9.33. The van der Waals surface area contributed by atoms with Crippen LogP contribution in [0.5, 0.6) is 0 Å². The van der Waals surface area contributed by atoms with Crippen molar-refractivity contribution in [3.05, 3.63) is 176 Å². The van der Waals surface area contributed by atoms with E-state index < -0.39 is 0 Å². The number of hydrogen-bond acceptors (Lipinski definition) is 5. The summed E-state index contributed by atoms with van der Waals surface area (Å²) in [6.45, 7) is -0.0737. The molecule has 7 aromatic carbocycles. The lowest BCUT2D eigenvalue weighted by Gasteiger charge is -2.44. The van der Waals surface area contributed by atoms with Crippen LogP contribution in [-0.4, -0.2) is 16.7 Å². The van der Waals surface area contributed by atoms with Crippen molar-refractivity contribution in [3.8, 4) is 22.7 Å². The predicted molar refractivity (Wildman–Crippen MR) is 214 cm³/mol. The summed E-state index contributed by atoms with van der Waals surface area (Å²) in [5, 5.41) is 2.31. The van der Waals surface area contributed by atoms with E-state index in [2.05, 4.69) is 155 Å². The summed E-state index contributed by atoms with van der Waals surface area (Å²) in [5.41, 5.74) is 15.2. The second-order valence-electron chi connectivity index (χ2n) is 13.4. The lowest BCUT2D eigenvalue weighted by molar-refractivity contribution is 0.620. The van der Waals surface area contributed by atoms with Gasteiger partial charge in [0.15, 0.2) is 5.58 Å². The van der Waals surface area contributed by atoms with Gasteiger partial charge in [-0.3, -0.25) is 4.98 Å². The van der Waals surface area contributed by atoms with Gasteiger partial charge in [-0.15, -0.1) is 0 Å². The van der Waals surface area contributed by atoms with Gasteiger partial charge in [-0.1, -0.05) is 97.1 Å². The Kier molecular flexibility index (Phi) is 6.28. The third kappa shape index (κ3) is 4.31. The summed E-state index contributed by atoms with van der Waals surface area (Å²) in [6.07, 6.45) is 1.92. The number of anilines is 6. The van der Waals surface area contributed by atoms with Crippen molar-refractivity contribution < 1.29 is 4.42 Å². The average molecular weight is 665 g/mol. The first-order valence-electron chi connectivity index (χ1n) is 17.6. The molecular weight excluding hydrogens is 635 g/mol. The number of hydrogen-bond donors (Lipinski definition) is 0. The van der Waals surface area contributed by atoms with E-state index >= 15 is 0 Å². The molecule has 52 heavy (non-hydrogen) atoms. The number of fused-ring (bicyclic) bond motifs is 6. The first-order valence-corrected chi connectivity index (χ1v) is 17.6. The first kappa shape index (κ1) is 28.9. The molecule has 11 rings (SSSR count). The molecule has 0 bridgehead atoms. The van der Waals surface area contributed by atoms with Crippen LogP contribution in [0.15, 0.2) is 180 Å². The Hall–Kier alpha value is -6.92. The second kappa shape index (κ2) is 11.3. The molecule has 9 aromatic rings. The summed E-state index contributed by atoms with van der Waals surface area (Å²) < 4.78 is 6.35. The van der Waals surface area contributed by atoms with Crippen molar-refractivity contribution in [3.63, 3.8) is 0 Å². The molecule has 5 nitrogen and oxygen atoms in total. The van der Waals surface area contributed by atoms with E-state index in [0.717, 1.165) is 67.4 Å². The smallest absolute Gasteiger partial charge is 0.252 e. The molecule has 0 spiro atoms. The summed E-state index contributed by atoms with van der Waals surface area (Å²) in [7, 11) is 0. The molecule has 2 aliphatic heterocycles. The second-order valence-corrected chi connectivity index (χ2v) is 13.4. The Bertz CT molecular complexity index is 2780. The maximum atomic E-state index is 6.35. The number of rotatable bonds is 4. The zero-order chi connectivity index (χ0) is 34.2. The quantitative estimate of drug-likeness (QED) is 0.175. The van der Waals surface area contributed by atoms with E-state index in [1.807, 2.05) is 30.5 Å². The highest BCUT2D eigenvalue weighted by atomic mass is 16.3. The molecule has 0 N–H and O–H groups in total. The zero-order valence-corrected chi connectivity index (χ0v) is 28.0. The van der Waals surface area contributed by atoms with Crippen LogP contribution < -0.4 is 26.2 Å². The van der Waals surface area contributed by atoms with Crippen LogP contribution in [-0.2, 0) is 0 Å². The molecule has 0 aliphatic carbocycles. The molecule has 0 saturated carbocycles. The Morgan fingerprint density at radius 2 is 1.12 bits per heavy atom. The number of para-hydroxylation sites is 4. The van der Waals surface area contributed by atoms with Crippen LogP contribution in [0, 0.1) is 0 Å². The lowest BCUT2D eigenvalue weighted by Crippen LogP contribution is -2.61. The van der Waals surface area contributed by atoms with Crippen molar-refractivity contribution in [2.75, 3.05) is 9.80 Å². The molecule has 2 aliphatic rings. The number of aromatic nitrogens is 2. The normalized spacial score (nSPS) is 12.9. The number of nitrogens with zero attached hydrogens (tertiary/aromatic N) is 4. The van der Waals surface area contributed by atoms with Gasteiger partial charge < -0.3 is 14.2 Å². The van der Waals surface area contributed by atoms with E-state index in [9.17, 15) is 0 Å². The Morgan fingerprint density at radius 1 is 0.500 bits per heavy atom. The third-order valence-electron chi connectivity index (χ3n) is 10.5. The fraction of sp³-hybridized carbons (Fsp3) is 0. The van der Waals surface area contributed by atoms with Gasteiger partial charge in [0.1, 0.15) is 5.52 Å². The Balaban J connectivity index is 1.22. The van der Waals surface area contributed by atoms with Crippen molar-refractivity contribution in [2.45, 2.75) is 0 Å². The first-order chi connectivity index (χ1) is 25.8. The molecule has 0 amide bonds. The molecule has 0 radical (unpaired) electrons. The van der Waals surface area contributed by atoms with Crippen molar-refractivity contribution in [1.29, 1.82) is 0 Å². The molecule has 2 aromatic heterocycles. The topological polar surface area (TPSA) is 45.4 Å². The fourth-order valence-corrected chi connectivity index (χ4v) is 8.28. The standard InChI is InChI=1S/C46H29BN4O/c1-3-13-33(14-4-1)50-39-24-22-31(45-35-17-8-7-12-30(35)26-27-48-45)28-36(39)47-37-29-32(46-49-38-18-9-10-21-43(38)52-46)23-25-40(37)51(34-15-5-2-6-16-34)42-20-11-19-41(50)44(42)47/h1-29H. The van der Waals surface area contributed by atoms with Crippen LogP contribution in [0.4, 0.5) is 34.1 Å². The van der Waals surface area contributed by atoms with E-state index in [4.69, 9.17) is 14.4 Å². The van der Waals surface area contributed by atoms with Gasteiger partial charge in [0, 0.05) is 56.8 Å². The zero-order valence-electron chi connectivity index (χ0n) is 28.0. The highest BCUT2D eigenvalue weighted by Crippen LogP contribution is 2.44. The molecule has 6 heteroatoms. The maximum Gasteiger partial charge on any atom is 0.252 e. The molecular formula is C46H29BN4O. The van der Waals surface area contributed by atoms with E-state index in [1.54, 1.807) is 0 Å². The van der Waals surface area contributed by atoms with Crippen LogP contribution in [0.3, 0.4) is 0 Å². The SMILES string of the molecule is c1ccc(N2c3ccc(-c4nc5ccccc5o4)cc3B3c4cc(-c5nccc6ccccc56)ccc4N(c4ccccc4)c4cccc2c43)cc1. The highest BCUT2D eigenvalue weighted by Gasteiger charge is 2.43. The van der Waals surface area contributed by atoms with Gasteiger partial charge in [-0.2, -0.15) is 0 Å². The number of benzene rings is 7. The molecule has 0 saturated heterocycles. The molecule has 0 fully saturated rings. The number of oxazole rings is 1. The fourth-order valence-electron chi connectivity index (χ4n) is 8.28. The van der Waals surface area contributed by atoms with Crippen molar-refractivity contribution in [1.82, 2.24) is 9.97 Å². The van der Waals surface area contributed by atoms with Gasteiger partial charge in [0.2, 0.25) is 5.89 Å². The molecule has 242 valence electrons. The van der Waals surface area contributed by atoms with Crippen molar-refractivity contribution >= 4 is 79.1 Å². The summed E-state index contributed by atoms with van der Waals surface area (Å²) in [6, 6.07) is 60.2. The van der Waals surface area contributed by atoms with Crippen LogP contribution in [0.25, 0.3) is 44.6 Å². The van der Waals surface area contributed by atoms with Gasteiger partial charge in [0.25, 0.3) is 6.71 Å². The van der Waals surface area contributed by atoms with Gasteiger partial charge >= 0.3 is 0 Å². The molecule has 0 atom stereocenters. The largest absolute Gasteiger partial charge is 0.436 e. The van der Waals surface area contributed by atoms with Gasteiger partial charge in [0.05, 0.1) is 5.69 Å². The van der Waals surface area contributed by atoms with Gasteiger partial charge in [-0.25, -0.2) is 4.98 Å². The van der Waals surface area contributed by atoms with E-state index in [0.29, 0.717) is 5.89 Å². The van der Waals surface area contributed by atoms with E-state index in [-0.39, 0.29) is 6.71 Å². The minimum absolute atomic E-state index is 0.0737. The van der Waals surface area contributed by atoms with Crippen LogP contribution in [0.1, 0.15) is 0 Å². The van der Waals surface area contributed by atoms with Gasteiger partial charge in [-0.05, 0) is 94.6 Å². The Morgan fingerprint density at radius 3 is 1.83 bits per heavy atom. The maximum absolute atomic E-state index is 6.35. The third-order valence-corrected chi connectivity index (χ3v) is 10.5. The molecule has 4 heterocycles. The minimum atomic E-state index is -0.0737. The van der Waals surface area contributed by atoms with Crippen molar-refractivity contribution in [2.24, 2.45) is 0 Å². The Labute approximate surface area is 301 Å².